The zero-order valence-electron chi connectivity index (χ0n) is 8.72. The molecule has 0 atom stereocenters. The molecule has 2 rings (SSSR count). The Morgan fingerprint density at radius 3 is 2.29 bits per heavy atom. The number of halogens is 1. The van der Waals surface area contributed by atoms with E-state index in [9.17, 15) is 0 Å². The molecule has 0 spiro atoms. The van der Waals surface area contributed by atoms with E-state index in [0.29, 0.717) is 27.5 Å². The van der Waals surface area contributed by atoms with Gasteiger partial charge in [0.15, 0.2) is 5.16 Å². The molecule has 6 N–H and O–H groups in total. The van der Waals surface area contributed by atoms with Crippen molar-refractivity contribution in [3.63, 3.8) is 0 Å². The van der Waals surface area contributed by atoms with Gasteiger partial charge in [0.25, 0.3) is 0 Å². The first kappa shape index (κ1) is 11.8. The van der Waals surface area contributed by atoms with Crippen molar-refractivity contribution in [2.75, 3.05) is 17.2 Å². The molecule has 2 aromatic rings. The Kier molecular flexibility index (Phi) is 3.26. The highest BCUT2D eigenvalue weighted by molar-refractivity contribution is 7.99. The highest BCUT2D eigenvalue weighted by Crippen LogP contribution is 2.32. The molecule has 0 unspecified atom stereocenters. The van der Waals surface area contributed by atoms with E-state index in [4.69, 9.17) is 28.8 Å². The van der Waals surface area contributed by atoms with Gasteiger partial charge in [0.2, 0.25) is 0 Å². The van der Waals surface area contributed by atoms with Crippen molar-refractivity contribution in [3.05, 3.63) is 29.3 Å². The van der Waals surface area contributed by atoms with Crippen molar-refractivity contribution < 1.29 is 0 Å². The van der Waals surface area contributed by atoms with Crippen molar-refractivity contribution in [1.82, 2.24) is 9.97 Å². The quantitative estimate of drug-likeness (QED) is 0.568. The van der Waals surface area contributed by atoms with Gasteiger partial charge in [-0.2, -0.15) is 0 Å². The van der Waals surface area contributed by atoms with E-state index < -0.39 is 0 Å². The summed E-state index contributed by atoms with van der Waals surface area (Å²) in [4.78, 5) is 8.87. The van der Waals surface area contributed by atoms with Gasteiger partial charge in [0.05, 0.1) is 0 Å². The topological polar surface area (TPSA) is 104 Å². The third kappa shape index (κ3) is 2.92. The van der Waals surface area contributed by atoms with Gasteiger partial charge in [0, 0.05) is 21.7 Å². The number of hydrogen-bond acceptors (Lipinski definition) is 6. The van der Waals surface area contributed by atoms with Gasteiger partial charge in [-0.05, 0) is 30.0 Å². The molecule has 88 valence electrons. The zero-order valence-corrected chi connectivity index (χ0v) is 10.3. The van der Waals surface area contributed by atoms with E-state index in [2.05, 4.69) is 9.97 Å². The third-order valence-corrected chi connectivity index (χ3v) is 3.10. The monoisotopic (exact) mass is 267 g/mol. The predicted molar refractivity (Wildman–Crippen MR) is 70.8 cm³/mol. The summed E-state index contributed by atoms with van der Waals surface area (Å²) in [6.07, 6.45) is 0. The number of nitrogen functional groups attached to an aromatic ring is 3. The van der Waals surface area contributed by atoms with Crippen LogP contribution in [0.25, 0.3) is 0 Å². The van der Waals surface area contributed by atoms with E-state index >= 15 is 0 Å². The van der Waals surface area contributed by atoms with Crippen molar-refractivity contribution in [2.45, 2.75) is 10.1 Å². The number of benzene rings is 1. The smallest absolute Gasteiger partial charge is 0.196 e. The molecule has 1 heterocycles. The van der Waals surface area contributed by atoms with E-state index in [0.717, 1.165) is 4.90 Å². The van der Waals surface area contributed by atoms with E-state index in [1.807, 2.05) is 0 Å². The summed E-state index contributed by atoms with van der Waals surface area (Å²) in [6.45, 7) is 0. The molecule has 0 aliphatic rings. The van der Waals surface area contributed by atoms with Gasteiger partial charge >= 0.3 is 0 Å². The van der Waals surface area contributed by atoms with Gasteiger partial charge in [0.1, 0.15) is 11.6 Å². The molecule has 0 saturated carbocycles. The Balaban J connectivity index is 2.34. The van der Waals surface area contributed by atoms with Crippen LogP contribution < -0.4 is 17.2 Å². The average molecular weight is 268 g/mol. The van der Waals surface area contributed by atoms with Crippen LogP contribution in [0.1, 0.15) is 0 Å². The molecule has 0 saturated heterocycles. The van der Waals surface area contributed by atoms with Crippen molar-refractivity contribution in [1.29, 1.82) is 0 Å². The molecule has 0 fully saturated rings. The van der Waals surface area contributed by atoms with Crippen LogP contribution in [0, 0.1) is 0 Å². The molecule has 0 aliphatic carbocycles. The van der Waals surface area contributed by atoms with Crippen LogP contribution in [-0.2, 0) is 0 Å². The molecule has 0 aliphatic heterocycles. The summed E-state index contributed by atoms with van der Waals surface area (Å²) >= 11 is 7.15. The maximum Gasteiger partial charge on any atom is 0.196 e. The van der Waals surface area contributed by atoms with Crippen LogP contribution >= 0.6 is 23.4 Å². The fraction of sp³-hybridized carbons (Fsp3) is 0. The third-order valence-electron chi connectivity index (χ3n) is 1.92. The van der Waals surface area contributed by atoms with E-state index in [1.165, 1.54) is 17.8 Å². The summed E-state index contributed by atoms with van der Waals surface area (Å²) in [5.74, 6) is 0.640. The maximum atomic E-state index is 5.89. The molecule has 17 heavy (non-hydrogen) atoms. The van der Waals surface area contributed by atoms with Gasteiger partial charge < -0.3 is 17.2 Å². The normalized spacial score (nSPS) is 10.4. The molecular weight excluding hydrogens is 258 g/mol. The van der Waals surface area contributed by atoms with Crippen LogP contribution in [0.4, 0.5) is 17.3 Å². The molecular formula is C10H10ClN5S. The predicted octanol–water partition coefficient (Wildman–Crippen LogP) is 2.03. The molecule has 0 bridgehead atoms. The van der Waals surface area contributed by atoms with Crippen LogP contribution in [0.15, 0.2) is 34.3 Å². The lowest BCUT2D eigenvalue weighted by Gasteiger charge is -2.05. The lowest BCUT2D eigenvalue weighted by molar-refractivity contribution is 0.985. The highest BCUT2D eigenvalue weighted by Gasteiger charge is 2.07. The first-order valence-corrected chi connectivity index (χ1v) is 5.87. The van der Waals surface area contributed by atoms with Gasteiger partial charge in [-0.3, -0.25) is 0 Å². The van der Waals surface area contributed by atoms with E-state index in [-0.39, 0.29) is 0 Å². The summed E-state index contributed by atoms with van der Waals surface area (Å²) < 4.78 is 0. The number of rotatable bonds is 2. The van der Waals surface area contributed by atoms with Crippen LogP contribution in [0.3, 0.4) is 0 Å². The molecule has 1 aromatic heterocycles. The minimum atomic E-state index is 0.320. The lowest BCUT2D eigenvalue weighted by atomic mass is 10.3. The summed E-state index contributed by atoms with van der Waals surface area (Å²) in [7, 11) is 0. The van der Waals surface area contributed by atoms with Crippen molar-refractivity contribution >= 4 is 40.7 Å². The number of anilines is 3. The first-order valence-electron chi connectivity index (χ1n) is 4.67. The van der Waals surface area contributed by atoms with Crippen LogP contribution in [0.5, 0.6) is 0 Å². The lowest BCUT2D eigenvalue weighted by Crippen LogP contribution is -1.99. The second-order valence-corrected chi connectivity index (χ2v) is 4.73. The van der Waals surface area contributed by atoms with Crippen LogP contribution in [-0.4, -0.2) is 9.97 Å². The highest BCUT2D eigenvalue weighted by atomic mass is 35.5. The Morgan fingerprint density at radius 2 is 1.65 bits per heavy atom. The first-order chi connectivity index (χ1) is 8.04. The van der Waals surface area contributed by atoms with Crippen molar-refractivity contribution in [3.8, 4) is 0 Å². The molecule has 0 amide bonds. The minimum Gasteiger partial charge on any atom is -0.398 e. The van der Waals surface area contributed by atoms with E-state index in [1.54, 1.807) is 18.2 Å². The summed E-state index contributed by atoms with van der Waals surface area (Å²) in [5, 5.41) is 1.04. The number of hydrogen-bond donors (Lipinski definition) is 3. The average Bonchev–Trinajstić information content (AvgIpc) is 2.22. The second-order valence-electron chi connectivity index (χ2n) is 3.28. The zero-order chi connectivity index (χ0) is 12.4. The second kappa shape index (κ2) is 4.68. The standard InChI is InChI=1S/C10H10ClN5S/c11-5-1-2-6(12)7(3-5)17-10-15-8(13)4-9(14)16-10/h1-4H,12H2,(H4,13,14,15,16). The molecule has 7 heteroatoms. The minimum absolute atomic E-state index is 0.320. The fourth-order valence-corrected chi connectivity index (χ4v) is 2.31. The largest absolute Gasteiger partial charge is 0.398 e. The number of nitrogens with zero attached hydrogens (tertiary/aromatic N) is 2. The van der Waals surface area contributed by atoms with Crippen molar-refractivity contribution in [2.24, 2.45) is 0 Å². The Bertz CT molecular complexity index is 540. The SMILES string of the molecule is Nc1cc(N)nc(Sc2cc(Cl)ccc2N)n1. The van der Waals surface area contributed by atoms with Gasteiger partial charge in [-0.25, -0.2) is 9.97 Å². The Labute approximate surface area is 107 Å². The van der Waals surface area contributed by atoms with Gasteiger partial charge in [-0.1, -0.05) is 11.6 Å². The Hall–Kier alpha value is -1.66. The molecule has 5 nitrogen and oxygen atoms in total. The summed E-state index contributed by atoms with van der Waals surface area (Å²) in [6, 6.07) is 6.67. The fourth-order valence-electron chi connectivity index (χ4n) is 1.20. The molecule has 0 radical (unpaired) electrons. The Morgan fingerprint density at radius 1 is 1.00 bits per heavy atom. The maximum absolute atomic E-state index is 5.89. The summed E-state index contributed by atoms with van der Waals surface area (Å²) in [5.41, 5.74) is 17.6. The van der Waals surface area contributed by atoms with Gasteiger partial charge in [-0.15, -0.1) is 0 Å². The molecule has 1 aromatic carbocycles. The number of nitrogens with two attached hydrogens (primary N) is 3. The van der Waals surface area contributed by atoms with Crippen LogP contribution in [0.2, 0.25) is 5.02 Å². The number of aromatic nitrogens is 2.